The minimum absolute atomic E-state index is 0.140. The Morgan fingerprint density at radius 3 is 2.45 bits per heavy atom. The first-order chi connectivity index (χ1) is 13.9. The monoisotopic (exact) mass is 432 g/mol. The fourth-order valence-corrected chi connectivity index (χ4v) is 4.44. The second-order valence-electron chi connectivity index (χ2n) is 6.02. The van der Waals surface area contributed by atoms with Crippen LogP contribution in [0.5, 0.6) is 0 Å². The van der Waals surface area contributed by atoms with E-state index in [2.05, 4.69) is 10.6 Å². The summed E-state index contributed by atoms with van der Waals surface area (Å²) < 4.78 is 17.9. The lowest BCUT2D eigenvalue weighted by Crippen LogP contribution is -2.15. The SMILES string of the molecule is COC(=O)c1c(NC(=O)Cc2cccs2)sc(C(=O)Nc2ccc(F)cc2)c1C. The van der Waals surface area contributed by atoms with Crippen LogP contribution in [0.1, 0.15) is 30.5 Å². The van der Waals surface area contributed by atoms with Gasteiger partial charge in [-0.15, -0.1) is 22.7 Å². The number of nitrogens with one attached hydrogen (secondary N) is 2. The van der Waals surface area contributed by atoms with Crippen molar-refractivity contribution in [3.8, 4) is 0 Å². The highest BCUT2D eigenvalue weighted by Crippen LogP contribution is 2.34. The van der Waals surface area contributed by atoms with Gasteiger partial charge < -0.3 is 15.4 Å². The van der Waals surface area contributed by atoms with Gasteiger partial charge in [0.1, 0.15) is 10.8 Å². The highest BCUT2D eigenvalue weighted by atomic mass is 32.1. The van der Waals surface area contributed by atoms with Gasteiger partial charge in [0.15, 0.2) is 0 Å². The number of anilines is 2. The molecule has 2 N–H and O–H groups in total. The Hall–Kier alpha value is -3.04. The fraction of sp³-hybridized carbons (Fsp3) is 0.150. The van der Waals surface area contributed by atoms with Crippen molar-refractivity contribution in [2.24, 2.45) is 0 Å². The summed E-state index contributed by atoms with van der Waals surface area (Å²) in [5.74, 6) is -1.84. The first-order valence-electron chi connectivity index (χ1n) is 8.50. The van der Waals surface area contributed by atoms with Crippen LogP contribution in [0.3, 0.4) is 0 Å². The molecule has 0 fully saturated rings. The van der Waals surface area contributed by atoms with Crippen LogP contribution >= 0.6 is 22.7 Å². The highest BCUT2D eigenvalue weighted by Gasteiger charge is 2.26. The molecule has 2 heterocycles. The molecule has 3 aromatic rings. The van der Waals surface area contributed by atoms with Gasteiger partial charge in [0.25, 0.3) is 5.91 Å². The lowest BCUT2D eigenvalue weighted by atomic mass is 10.1. The number of ether oxygens (including phenoxy) is 1. The van der Waals surface area contributed by atoms with Crippen LogP contribution in [0.2, 0.25) is 0 Å². The Kier molecular flexibility index (Phi) is 6.40. The molecule has 9 heteroatoms. The van der Waals surface area contributed by atoms with Crippen LogP contribution in [0.4, 0.5) is 15.1 Å². The molecule has 0 spiro atoms. The van der Waals surface area contributed by atoms with Crippen LogP contribution in [-0.4, -0.2) is 24.9 Å². The summed E-state index contributed by atoms with van der Waals surface area (Å²) in [5, 5.41) is 7.48. The van der Waals surface area contributed by atoms with Crippen molar-refractivity contribution in [2.45, 2.75) is 13.3 Å². The average molecular weight is 432 g/mol. The summed E-state index contributed by atoms with van der Waals surface area (Å²) in [6, 6.07) is 9.01. The molecule has 0 aliphatic heterocycles. The molecule has 3 rings (SSSR count). The molecular weight excluding hydrogens is 415 g/mol. The van der Waals surface area contributed by atoms with E-state index in [4.69, 9.17) is 4.74 Å². The zero-order valence-electron chi connectivity index (χ0n) is 15.6. The summed E-state index contributed by atoms with van der Waals surface area (Å²) in [7, 11) is 1.23. The largest absolute Gasteiger partial charge is 0.465 e. The molecular formula is C20H17FN2O4S2. The third-order valence-electron chi connectivity index (χ3n) is 4.01. The Labute approximate surface area is 174 Å². The van der Waals surface area contributed by atoms with Gasteiger partial charge in [-0.1, -0.05) is 6.07 Å². The van der Waals surface area contributed by atoms with Gasteiger partial charge in [-0.2, -0.15) is 0 Å². The predicted octanol–water partition coefficient (Wildman–Crippen LogP) is 4.48. The van der Waals surface area contributed by atoms with E-state index in [1.54, 1.807) is 6.92 Å². The Bertz CT molecular complexity index is 1040. The normalized spacial score (nSPS) is 10.4. The van der Waals surface area contributed by atoms with E-state index in [1.807, 2.05) is 17.5 Å². The van der Waals surface area contributed by atoms with Crippen molar-refractivity contribution in [2.75, 3.05) is 17.7 Å². The second-order valence-corrected chi connectivity index (χ2v) is 8.07. The van der Waals surface area contributed by atoms with E-state index in [0.717, 1.165) is 16.2 Å². The van der Waals surface area contributed by atoms with Crippen LogP contribution in [-0.2, 0) is 16.0 Å². The van der Waals surface area contributed by atoms with Gasteiger partial charge in [0, 0.05) is 10.6 Å². The van der Waals surface area contributed by atoms with Crippen molar-refractivity contribution in [1.29, 1.82) is 0 Å². The van der Waals surface area contributed by atoms with Crippen molar-refractivity contribution in [1.82, 2.24) is 0 Å². The summed E-state index contributed by atoms with van der Waals surface area (Å²) >= 11 is 2.44. The number of rotatable bonds is 6. The number of halogens is 1. The van der Waals surface area contributed by atoms with Gasteiger partial charge in [-0.05, 0) is 48.2 Å². The van der Waals surface area contributed by atoms with E-state index in [9.17, 15) is 18.8 Å². The molecule has 0 aliphatic carbocycles. The number of esters is 1. The molecule has 1 aromatic carbocycles. The maximum atomic E-state index is 13.1. The lowest BCUT2D eigenvalue weighted by molar-refractivity contribution is -0.115. The molecule has 0 bridgehead atoms. The number of carbonyl (C=O) groups is 3. The molecule has 6 nitrogen and oxygen atoms in total. The summed E-state index contributed by atoms with van der Waals surface area (Å²) in [6.07, 6.45) is 0.159. The number of hydrogen-bond donors (Lipinski definition) is 2. The van der Waals surface area contributed by atoms with Gasteiger partial charge >= 0.3 is 5.97 Å². The van der Waals surface area contributed by atoms with E-state index in [-0.39, 0.29) is 27.8 Å². The molecule has 0 unspecified atom stereocenters. The minimum Gasteiger partial charge on any atom is -0.465 e. The van der Waals surface area contributed by atoms with Crippen molar-refractivity contribution in [3.05, 3.63) is 68.5 Å². The highest BCUT2D eigenvalue weighted by molar-refractivity contribution is 7.19. The zero-order chi connectivity index (χ0) is 21.0. The zero-order valence-corrected chi connectivity index (χ0v) is 17.2. The molecule has 2 amide bonds. The minimum atomic E-state index is -0.647. The van der Waals surface area contributed by atoms with Crippen LogP contribution in [0.25, 0.3) is 0 Å². The second kappa shape index (κ2) is 8.97. The third-order valence-corrected chi connectivity index (χ3v) is 6.09. The number of benzene rings is 1. The number of methoxy groups -OCH3 is 1. The molecule has 0 radical (unpaired) electrons. The molecule has 0 saturated heterocycles. The van der Waals surface area contributed by atoms with Gasteiger partial charge in [0.2, 0.25) is 5.91 Å². The Morgan fingerprint density at radius 2 is 1.83 bits per heavy atom. The van der Waals surface area contributed by atoms with Crippen LogP contribution in [0, 0.1) is 12.7 Å². The first-order valence-corrected chi connectivity index (χ1v) is 10.2. The van der Waals surface area contributed by atoms with Crippen LogP contribution < -0.4 is 10.6 Å². The van der Waals surface area contributed by atoms with E-state index in [1.165, 1.54) is 42.7 Å². The molecule has 29 heavy (non-hydrogen) atoms. The van der Waals surface area contributed by atoms with E-state index >= 15 is 0 Å². The smallest absolute Gasteiger partial charge is 0.341 e. The van der Waals surface area contributed by atoms with Crippen molar-refractivity contribution >= 4 is 51.1 Å². The Morgan fingerprint density at radius 1 is 1.10 bits per heavy atom. The van der Waals surface area contributed by atoms with Gasteiger partial charge in [-0.3, -0.25) is 9.59 Å². The lowest BCUT2D eigenvalue weighted by Gasteiger charge is -2.05. The standard InChI is InChI=1S/C20H17FN2O4S2/c1-11-16(20(26)27-2)19(23-15(24)10-14-4-3-9-28-14)29-17(11)18(25)22-13-7-5-12(21)6-8-13/h3-9H,10H2,1-2H3,(H,22,25)(H,23,24). The number of amides is 2. The van der Waals surface area contributed by atoms with E-state index in [0.29, 0.717) is 11.3 Å². The Balaban J connectivity index is 1.85. The van der Waals surface area contributed by atoms with Crippen LogP contribution in [0.15, 0.2) is 41.8 Å². The number of hydrogen-bond acceptors (Lipinski definition) is 6. The van der Waals surface area contributed by atoms with Gasteiger partial charge in [-0.25, -0.2) is 9.18 Å². The predicted molar refractivity (Wildman–Crippen MR) is 111 cm³/mol. The molecule has 0 aliphatic rings. The molecule has 150 valence electrons. The molecule has 2 aromatic heterocycles. The van der Waals surface area contributed by atoms with Crippen molar-refractivity contribution in [3.63, 3.8) is 0 Å². The first kappa shape index (κ1) is 20.7. The summed E-state index contributed by atoms with van der Waals surface area (Å²) in [6.45, 7) is 1.61. The molecule has 0 saturated carbocycles. The fourth-order valence-electron chi connectivity index (χ4n) is 2.63. The van der Waals surface area contributed by atoms with Gasteiger partial charge in [0.05, 0.1) is 24.0 Å². The van der Waals surface area contributed by atoms with E-state index < -0.39 is 17.7 Å². The number of carbonyl (C=O) groups excluding carboxylic acids is 3. The summed E-state index contributed by atoms with van der Waals surface area (Å²) in [4.78, 5) is 38.4. The maximum absolute atomic E-state index is 13.1. The molecule has 0 atom stereocenters. The quantitative estimate of drug-likeness (QED) is 0.563. The summed E-state index contributed by atoms with van der Waals surface area (Å²) in [5.41, 5.74) is 0.946. The van der Waals surface area contributed by atoms with Crippen molar-refractivity contribution < 1.29 is 23.5 Å². The topological polar surface area (TPSA) is 84.5 Å². The third kappa shape index (κ3) is 4.87. The average Bonchev–Trinajstić information content (AvgIpc) is 3.30. The maximum Gasteiger partial charge on any atom is 0.341 e. The number of thiophene rings is 2.